The zero-order chi connectivity index (χ0) is 13.5. The molecule has 0 spiro atoms. The summed E-state index contributed by atoms with van der Waals surface area (Å²) in [5, 5.41) is 12.1. The van der Waals surface area contributed by atoms with E-state index in [9.17, 15) is 4.79 Å². The van der Waals surface area contributed by atoms with Crippen LogP contribution in [0.1, 0.15) is 23.1 Å². The summed E-state index contributed by atoms with van der Waals surface area (Å²) in [6.45, 7) is 4.44. The number of carbonyl (C=O) groups is 1. The van der Waals surface area contributed by atoms with E-state index in [0.717, 1.165) is 19.5 Å². The maximum atomic E-state index is 12.0. The van der Waals surface area contributed by atoms with Crippen molar-refractivity contribution in [3.8, 4) is 0 Å². The number of amides is 1. The van der Waals surface area contributed by atoms with Crippen molar-refractivity contribution < 1.29 is 4.79 Å². The Hall–Kier alpha value is -1.21. The van der Waals surface area contributed by atoms with Gasteiger partial charge in [-0.25, -0.2) is 0 Å². The molecule has 0 radical (unpaired) electrons. The second kappa shape index (κ2) is 7.27. The van der Waals surface area contributed by atoms with Crippen molar-refractivity contribution in [3.63, 3.8) is 0 Å². The van der Waals surface area contributed by atoms with Crippen LogP contribution >= 0.6 is 11.3 Å². The molecule has 6 nitrogen and oxygen atoms in total. The molecule has 0 saturated carbocycles. The second-order valence-corrected chi connectivity index (χ2v) is 5.35. The van der Waals surface area contributed by atoms with Crippen LogP contribution in [0, 0.1) is 0 Å². The van der Waals surface area contributed by atoms with Gasteiger partial charge in [0, 0.05) is 26.7 Å². The Labute approximate surface area is 112 Å². The van der Waals surface area contributed by atoms with Gasteiger partial charge in [-0.05, 0) is 20.5 Å². The monoisotopic (exact) mass is 271 g/mol. The van der Waals surface area contributed by atoms with Crippen LogP contribution in [-0.4, -0.2) is 66.7 Å². The van der Waals surface area contributed by atoms with Gasteiger partial charge in [0.25, 0.3) is 5.91 Å². The minimum atomic E-state index is -0.0705. The molecule has 7 heteroatoms. The molecule has 0 fully saturated rings. The number of anilines is 1. The van der Waals surface area contributed by atoms with Crippen LogP contribution in [-0.2, 0) is 0 Å². The summed E-state index contributed by atoms with van der Waals surface area (Å²) in [4.78, 5) is 15.7. The van der Waals surface area contributed by atoms with Crippen LogP contribution < -0.4 is 5.32 Å². The maximum Gasteiger partial charge on any atom is 0.284 e. The fourth-order valence-corrected chi connectivity index (χ4v) is 1.99. The molecule has 1 aromatic heterocycles. The lowest BCUT2D eigenvalue weighted by Gasteiger charge is -2.18. The molecule has 1 amide bonds. The minimum Gasteiger partial charge on any atom is -0.360 e. The largest absolute Gasteiger partial charge is 0.360 e. The SMILES string of the molecule is CCCNc1nnc(C(=O)N(C)CCN(C)C)s1. The number of hydrogen-bond acceptors (Lipinski definition) is 6. The lowest BCUT2D eigenvalue weighted by atomic mass is 10.5. The Morgan fingerprint density at radius 1 is 1.28 bits per heavy atom. The van der Waals surface area contributed by atoms with Crippen LogP contribution in [0.15, 0.2) is 0 Å². The molecule has 1 N–H and O–H groups in total. The number of hydrogen-bond donors (Lipinski definition) is 1. The average Bonchev–Trinajstić information content (AvgIpc) is 2.81. The van der Waals surface area contributed by atoms with Crippen molar-refractivity contribution in [2.75, 3.05) is 46.1 Å². The summed E-state index contributed by atoms with van der Waals surface area (Å²) in [5.74, 6) is -0.0705. The third-order valence-corrected chi connectivity index (χ3v) is 3.23. The Morgan fingerprint density at radius 3 is 2.61 bits per heavy atom. The Balaban J connectivity index is 2.52. The molecule has 0 saturated heterocycles. The van der Waals surface area contributed by atoms with E-state index in [2.05, 4.69) is 22.4 Å². The smallest absolute Gasteiger partial charge is 0.284 e. The molecular weight excluding hydrogens is 250 g/mol. The fraction of sp³-hybridized carbons (Fsp3) is 0.727. The molecule has 1 aromatic rings. The Morgan fingerprint density at radius 2 is 2.00 bits per heavy atom. The van der Waals surface area contributed by atoms with Gasteiger partial charge in [-0.15, -0.1) is 10.2 Å². The summed E-state index contributed by atoms with van der Waals surface area (Å²) < 4.78 is 0. The standard InChI is InChI=1S/C11H21N5OS/c1-5-6-12-11-14-13-9(18-11)10(17)16(4)8-7-15(2)3/h5-8H2,1-4H3,(H,12,14). The van der Waals surface area contributed by atoms with Gasteiger partial charge in [0.05, 0.1) is 0 Å². The van der Waals surface area contributed by atoms with Gasteiger partial charge in [-0.3, -0.25) is 4.79 Å². The maximum absolute atomic E-state index is 12.0. The first-order chi connectivity index (χ1) is 8.54. The number of carbonyl (C=O) groups excluding carboxylic acids is 1. The van der Waals surface area contributed by atoms with E-state index < -0.39 is 0 Å². The zero-order valence-corrected chi connectivity index (χ0v) is 12.3. The predicted molar refractivity (Wildman–Crippen MR) is 74.2 cm³/mol. The van der Waals surface area contributed by atoms with Crippen LogP contribution in [0.3, 0.4) is 0 Å². The van der Waals surface area contributed by atoms with Crippen molar-refractivity contribution in [1.82, 2.24) is 20.0 Å². The van der Waals surface area contributed by atoms with Crippen LogP contribution in [0.2, 0.25) is 0 Å². The lowest BCUT2D eigenvalue weighted by molar-refractivity contribution is 0.0785. The quantitative estimate of drug-likeness (QED) is 0.801. The third-order valence-electron chi connectivity index (χ3n) is 2.36. The molecule has 0 aromatic carbocycles. The van der Waals surface area contributed by atoms with E-state index in [1.54, 1.807) is 11.9 Å². The highest BCUT2D eigenvalue weighted by molar-refractivity contribution is 7.17. The van der Waals surface area contributed by atoms with Gasteiger partial charge < -0.3 is 15.1 Å². The second-order valence-electron chi connectivity index (χ2n) is 4.37. The van der Waals surface area contributed by atoms with Crippen molar-refractivity contribution >= 4 is 22.4 Å². The van der Waals surface area contributed by atoms with Gasteiger partial charge in [0.2, 0.25) is 10.1 Å². The molecule has 0 aliphatic rings. The number of likely N-dealkylation sites (N-methyl/N-ethyl adjacent to an activating group) is 2. The molecule has 18 heavy (non-hydrogen) atoms. The summed E-state index contributed by atoms with van der Waals surface area (Å²) in [7, 11) is 5.75. The molecule has 0 aliphatic carbocycles. The molecule has 0 unspecified atom stereocenters. The molecule has 1 rings (SSSR count). The number of rotatable bonds is 7. The minimum absolute atomic E-state index is 0.0705. The molecule has 0 atom stereocenters. The van der Waals surface area contributed by atoms with Crippen LogP contribution in [0.4, 0.5) is 5.13 Å². The van der Waals surface area contributed by atoms with E-state index in [-0.39, 0.29) is 5.91 Å². The van der Waals surface area contributed by atoms with Crippen molar-refractivity contribution in [1.29, 1.82) is 0 Å². The number of nitrogens with zero attached hydrogens (tertiary/aromatic N) is 4. The lowest BCUT2D eigenvalue weighted by Crippen LogP contribution is -2.33. The summed E-state index contributed by atoms with van der Waals surface area (Å²) in [5.41, 5.74) is 0. The van der Waals surface area contributed by atoms with E-state index in [4.69, 9.17) is 0 Å². The van der Waals surface area contributed by atoms with Crippen LogP contribution in [0.5, 0.6) is 0 Å². The summed E-state index contributed by atoms with van der Waals surface area (Å²) in [6, 6.07) is 0. The Bertz CT molecular complexity index is 379. The number of nitrogens with one attached hydrogen (secondary N) is 1. The highest BCUT2D eigenvalue weighted by Crippen LogP contribution is 2.16. The third kappa shape index (κ3) is 4.58. The topological polar surface area (TPSA) is 61.4 Å². The fourth-order valence-electron chi connectivity index (χ4n) is 1.23. The van der Waals surface area contributed by atoms with Crippen molar-refractivity contribution in [3.05, 3.63) is 5.01 Å². The normalized spacial score (nSPS) is 10.7. The molecule has 1 heterocycles. The van der Waals surface area contributed by atoms with E-state index in [1.165, 1.54) is 11.3 Å². The van der Waals surface area contributed by atoms with Crippen LogP contribution in [0.25, 0.3) is 0 Å². The average molecular weight is 271 g/mol. The van der Waals surface area contributed by atoms with Crippen molar-refractivity contribution in [2.45, 2.75) is 13.3 Å². The molecule has 0 aliphatic heterocycles. The van der Waals surface area contributed by atoms with Gasteiger partial charge >= 0.3 is 0 Å². The first-order valence-corrected chi connectivity index (χ1v) is 6.83. The zero-order valence-electron chi connectivity index (χ0n) is 11.4. The summed E-state index contributed by atoms with van der Waals surface area (Å²) >= 11 is 1.31. The number of aromatic nitrogens is 2. The van der Waals surface area contributed by atoms with E-state index in [1.807, 2.05) is 19.0 Å². The highest BCUT2D eigenvalue weighted by atomic mass is 32.1. The van der Waals surface area contributed by atoms with Gasteiger partial charge in [-0.2, -0.15) is 0 Å². The van der Waals surface area contributed by atoms with Crippen molar-refractivity contribution in [2.24, 2.45) is 0 Å². The summed E-state index contributed by atoms with van der Waals surface area (Å²) in [6.07, 6.45) is 1.02. The van der Waals surface area contributed by atoms with Gasteiger partial charge in [0.15, 0.2) is 0 Å². The predicted octanol–water partition coefficient (Wildman–Crippen LogP) is 0.994. The molecular formula is C11H21N5OS. The molecule has 102 valence electrons. The highest BCUT2D eigenvalue weighted by Gasteiger charge is 2.16. The first-order valence-electron chi connectivity index (χ1n) is 6.02. The van der Waals surface area contributed by atoms with Gasteiger partial charge in [0.1, 0.15) is 0 Å². The first kappa shape index (κ1) is 14.8. The molecule has 0 bridgehead atoms. The van der Waals surface area contributed by atoms with E-state index in [0.29, 0.717) is 16.7 Å². The van der Waals surface area contributed by atoms with E-state index >= 15 is 0 Å². The van der Waals surface area contributed by atoms with Gasteiger partial charge in [-0.1, -0.05) is 18.3 Å². The Kier molecular flexibility index (Phi) is 6.00.